The van der Waals surface area contributed by atoms with Crippen LogP contribution in [0.15, 0.2) is 17.2 Å². The van der Waals surface area contributed by atoms with Crippen LogP contribution in [0, 0.1) is 5.92 Å². The van der Waals surface area contributed by atoms with Gasteiger partial charge in [-0.3, -0.25) is 14.2 Å². The van der Waals surface area contributed by atoms with Crippen LogP contribution in [-0.4, -0.2) is 15.3 Å². The Balaban J connectivity index is 1.88. The first kappa shape index (κ1) is 12.5. The summed E-state index contributed by atoms with van der Waals surface area (Å²) in [6, 6.07) is 1.90. The molecule has 1 fully saturated rings. The number of nitrogens with zero attached hydrogens (tertiary/aromatic N) is 2. The van der Waals surface area contributed by atoms with E-state index in [9.17, 15) is 9.59 Å². The number of hydrogen-bond donors (Lipinski definition) is 0. The maximum Gasteiger partial charge on any atom is 0.262 e. The Morgan fingerprint density at radius 1 is 1.53 bits per heavy atom. The highest BCUT2D eigenvalue weighted by Crippen LogP contribution is 2.32. The lowest BCUT2D eigenvalue weighted by molar-refractivity contribution is -0.120. The highest BCUT2D eigenvalue weighted by atomic mass is 32.1. The number of ketones is 1. The zero-order chi connectivity index (χ0) is 13.4. The molecule has 1 aliphatic carbocycles. The minimum atomic E-state index is -0.0925. The molecule has 19 heavy (non-hydrogen) atoms. The molecule has 4 nitrogen and oxygen atoms in total. The van der Waals surface area contributed by atoms with Crippen molar-refractivity contribution in [2.75, 3.05) is 0 Å². The molecule has 0 amide bonds. The third-order valence-electron chi connectivity index (χ3n) is 3.48. The van der Waals surface area contributed by atoms with Gasteiger partial charge in [-0.1, -0.05) is 6.92 Å². The summed E-state index contributed by atoms with van der Waals surface area (Å²) in [5.41, 5.74) is -0.0925. The van der Waals surface area contributed by atoms with Crippen LogP contribution in [0.3, 0.4) is 0 Å². The lowest BCUT2D eigenvalue weighted by Gasteiger charge is -2.03. The van der Waals surface area contributed by atoms with Gasteiger partial charge in [0.05, 0.1) is 18.3 Å². The van der Waals surface area contributed by atoms with Crippen molar-refractivity contribution in [1.29, 1.82) is 0 Å². The first-order valence-electron chi connectivity index (χ1n) is 6.67. The summed E-state index contributed by atoms with van der Waals surface area (Å²) in [5.74, 6) is 0.699. The summed E-state index contributed by atoms with van der Waals surface area (Å²) in [4.78, 5) is 30.3. The van der Waals surface area contributed by atoms with E-state index in [0.717, 1.165) is 29.0 Å². The van der Waals surface area contributed by atoms with Gasteiger partial charge in [0.25, 0.3) is 5.56 Å². The van der Waals surface area contributed by atoms with Crippen molar-refractivity contribution in [2.24, 2.45) is 5.92 Å². The molecule has 0 radical (unpaired) electrons. The molecule has 2 heterocycles. The molecule has 0 atom stereocenters. The van der Waals surface area contributed by atoms with E-state index in [1.165, 1.54) is 10.9 Å². The van der Waals surface area contributed by atoms with E-state index < -0.39 is 0 Å². The van der Waals surface area contributed by atoms with Gasteiger partial charge in [-0.25, -0.2) is 4.98 Å². The van der Waals surface area contributed by atoms with Crippen molar-refractivity contribution in [3.63, 3.8) is 0 Å². The Kier molecular flexibility index (Phi) is 3.22. The number of fused-ring (bicyclic) bond motifs is 1. The predicted molar refractivity (Wildman–Crippen MR) is 75.6 cm³/mol. The molecule has 1 aliphatic rings. The molecular weight excluding hydrogens is 260 g/mol. The van der Waals surface area contributed by atoms with Crippen LogP contribution >= 0.6 is 11.3 Å². The van der Waals surface area contributed by atoms with Crippen molar-refractivity contribution >= 4 is 27.3 Å². The minimum absolute atomic E-state index is 0.0925. The van der Waals surface area contributed by atoms with E-state index in [1.807, 2.05) is 6.07 Å². The van der Waals surface area contributed by atoms with E-state index in [2.05, 4.69) is 11.9 Å². The Morgan fingerprint density at radius 2 is 2.32 bits per heavy atom. The molecule has 1 saturated carbocycles. The van der Waals surface area contributed by atoms with Gasteiger partial charge in [0.15, 0.2) is 5.78 Å². The Hall–Kier alpha value is -1.49. The van der Waals surface area contributed by atoms with Gasteiger partial charge in [-0.05, 0) is 31.2 Å². The number of hydrogen-bond acceptors (Lipinski definition) is 4. The Morgan fingerprint density at radius 3 is 3.00 bits per heavy atom. The molecule has 5 heteroatoms. The van der Waals surface area contributed by atoms with Crippen molar-refractivity contribution in [1.82, 2.24) is 9.55 Å². The van der Waals surface area contributed by atoms with Crippen molar-refractivity contribution < 1.29 is 4.79 Å². The predicted octanol–water partition coefficient (Wildman–Crippen LogP) is 2.39. The van der Waals surface area contributed by atoms with E-state index in [-0.39, 0.29) is 17.9 Å². The van der Waals surface area contributed by atoms with E-state index in [0.29, 0.717) is 17.7 Å². The molecule has 0 bridgehead atoms. The van der Waals surface area contributed by atoms with Crippen molar-refractivity contribution in [2.45, 2.75) is 39.2 Å². The van der Waals surface area contributed by atoms with Crippen molar-refractivity contribution in [3.8, 4) is 0 Å². The zero-order valence-corrected chi connectivity index (χ0v) is 11.7. The van der Waals surface area contributed by atoms with Gasteiger partial charge in [0.2, 0.25) is 0 Å². The quantitative estimate of drug-likeness (QED) is 0.842. The summed E-state index contributed by atoms with van der Waals surface area (Å²) in [6.45, 7) is 2.22. The maximum atomic E-state index is 12.3. The number of carbonyl (C=O) groups is 1. The van der Waals surface area contributed by atoms with E-state index in [1.54, 1.807) is 11.3 Å². The highest BCUT2D eigenvalue weighted by molar-refractivity contribution is 7.18. The summed E-state index contributed by atoms with van der Waals surface area (Å²) in [7, 11) is 0. The average Bonchev–Trinajstić information content (AvgIpc) is 3.08. The fourth-order valence-corrected chi connectivity index (χ4v) is 3.12. The normalized spacial score (nSPS) is 15.0. The summed E-state index contributed by atoms with van der Waals surface area (Å²) >= 11 is 1.55. The van der Waals surface area contributed by atoms with Crippen LogP contribution in [0.5, 0.6) is 0 Å². The van der Waals surface area contributed by atoms with Crippen LogP contribution < -0.4 is 5.56 Å². The second-order valence-corrected chi connectivity index (χ2v) is 6.26. The lowest BCUT2D eigenvalue weighted by Crippen LogP contribution is -2.24. The van der Waals surface area contributed by atoms with Crippen LogP contribution in [0.2, 0.25) is 0 Å². The number of rotatable bonds is 5. The fourth-order valence-electron chi connectivity index (χ4n) is 2.20. The van der Waals surface area contributed by atoms with Gasteiger partial charge in [0.1, 0.15) is 4.83 Å². The summed E-state index contributed by atoms with van der Waals surface area (Å²) < 4.78 is 1.44. The second-order valence-electron chi connectivity index (χ2n) is 5.15. The smallest absolute Gasteiger partial charge is 0.262 e. The van der Waals surface area contributed by atoms with Crippen molar-refractivity contribution in [3.05, 3.63) is 27.6 Å². The molecule has 0 aromatic carbocycles. The third-order valence-corrected chi connectivity index (χ3v) is 4.66. The number of carbonyl (C=O) groups excluding carboxylic acids is 1. The molecule has 0 unspecified atom stereocenters. The van der Waals surface area contributed by atoms with Gasteiger partial charge in [-0.2, -0.15) is 0 Å². The fraction of sp³-hybridized carbons (Fsp3) is 0.500. The number of thiophene rings is 1. The summed E-state index contributed by atoms with van der Waals surface area (Å²) in [5, 5.41) is 0.642. The maximum absolute atomic E-state index is 12.3. The molecule has 2 aromatic heterocycles. The topological polar surface area (TPSA) is 52.0 Å². The first-order chi connectivity index (χ1) is 9.17. The Bertz CT molecular complexity index is 682. The standard InChI is InChI=1S/C14H16N2O2S/c1-2-11-6-12-13(19-11)15-8-16(14(12)18)7-10(17)5-9-3-4-9/h6,8-9H,2-5,7H2,1H3. The van der Waals surface area contributed by atoms with Crippen LogP contribution in [0.1, 0.15) is 31.1 Å². The molecule has 0 N–H and O–H groups in total. The molecular formula is C14H16N2O2S. The van der Waals surface area contributed by atoms with Gasteiger partial charge >= 0.3 is 0 Å². The number of aromatic nitrogens is 2. The number of Topliss-reactive ketones (excluding diaryl/α,β-unsaturated/α-hetero) is 1. The SMILES string of the molecule is CCc1cc2c(=O)n(CC(=O)CC3CC3)cnc2s1. The number of aryl methyl sites for hydroxylation is 1. The van der Waals surface area contributed by atoms with Crippen LogP contribution in [0.25, 0.3) is 10.2 Å². The highest BCUT2D eigenvalue weighted by Gasteiger charge is 2.24. The average molecular weight is 276 g/mol. The first-order valence-corrected chi connectivity index (χ1v) is 7.48. The molecule has 2 aromatic rings. The minimum Gasteiger partial charge on any atom is -0.298 e. The molecule has 3 rings (SSSR count). The monoisotopic (exact) mass is 276 g/mol. The molecule has 100 valence electrons. The molecule has 0 saturated heterocycles. The lowest BCUT2D eigenvalue weighted by atomic mass is 10.2. The second kappa shape index (κ2) is 4.89. The van der Waals surface area contributed by atoms with Crippen LogP contribution in [0.4, 0.5) is 0 Å². The third kappa shape index (κ3) is 2.61. The Labute approximate surface area is 115 Å². The zero-order valence-electron chi connectivity index (χ0n) is 10.9. The molecule has 0 aliphatic heterocycles. The largest absolute Gasteiger partial charge is 0.298 e. The van der Waals surface area contributed by atoms with Gasteiger partial charge in [0, 0.05) is 11.3 Å². The van der Waals surface area contributed by atoms with E-state index in [4.69, 9.17) is 0 Å². The summed E-state index contributed by atoms with van der Waals surface area (Å²) in [6.07, 6.45) is 5.32. The van der Waals surface area contributed by atoms with Crippen LogP contribution in [-0.2, 0) is 17.8 Å². The molecule has 0 spiro atoms. The van der Waals surface area contributed by atoms with E-state index >= 15 is 0 Å². The van der Waals surface area contributed by atoms with Gasteiger partial charge < -0.3 is 0 Å². The van der Waals surface area contributed by atoms with Gasteiger partial charge in [-0.15, -0.1) is 11.3 Å².